The topological polar surface area (TPSA) is 89.9 Å². The van der Waals surface area contributed by atoms with Gasteiger partial charge in [0.15, 0.2) is 0 Å². The van der Waals surface area contributed by atoms with Gasteiger partial charge in [-0.15, -0.1) is 0 Å². The molecule has 0 aromatic carbocycles. The molecular formula is C17H28O6. The number of carbonyl (C=O) groups excluding carboxylic acids is 2. The number of rotatable bonds is 8. The summed E-state index contributed by atoms with van der Waals surface area (Å²) in [7, 11) is 0. The first-order valence-electron chi connectivity index (χ1n) is 8.24. The molecule has 1 N–H and O–H groups in total. The van der Waals surface area contributed by atoms with Crippen molar-refractivity contribution in [1.82, 2.24) is 0 Å². The third-order valence-electron chi connectivity index (χ3n) is 4.91. The average Bonchev–Trinajstić information content (AvgIpc) is 2.46. The van der Waals surface area contributed by atoms with Crippen LogP contribution >= 0.6 is 0 Å². The summed E-state index contributed by atoms with van der Waals surface area (Å²) in [6, 6.07) is 0. The molecule has 0 amide bonds. The number of carboxylic acids is 1. The summed E-state index contributed by atoms with van der Waals surface area (Å²) in [5, 5.41) is 8.61. The smallest absolute Gasteiger partial charge is 0.303 e. The highest BCUT2D eigenvalue weighted by molar-refractivity contribution is 5.79. The van der Waals surface area contributed by atoms with Gasteiger partial charge >= 0.3 is 11.9 Å². The SMILES string of the molecule is CC(=O)OCC1OC(CC(=O)CCCC(=O)O)C(C)C(C)C1C. The van der Waals surface area contributed by atoms with Crippen molar-refractivity contribution in [2.45, 2.75) is 65.6 Å². The van der Waals surface area contributed by atoms with Crippen LogP contribution in [-0.2, 0) is 23.9 Å². The lowest BCUT2D eigenvalue weighted by Gasteiger charge is -2.43. The number of carbonyl (C=O) groups is 3. The lowest BCUT2D eigenvalue weighted by atomic mass is 9.75. The first-order chi connectivity index (χ1) is 10.7. The lowest BCUT2D eigenvalue weighted by Crippen LogP contribution is -2.47. The maximum Gasteiger partial charge on any atom is 0.303 e. The van der Waals surface area contributed by atoms with E-state index in [2.05, 4.69) is 20.8 Å². The molecule has 5 unspecified atom stereocenters. The second kappa shape index (κ2) is 9.01. The molecule has 0 aromatic rings. The molecule has 1 fully saturated rings. The largest absolute Gasteiger partial charge is 0.481 e. The van der Waals surface area contributed by atoms with Crippen LogP contribution in [0.5, 0.6) is 0 Å². The quantitative estimate of drug-likeness (QED) is 0.688. The molecule has 0 aromatic heterocycles. The maximum absolute atomic E-state index is 12.0. The second-order valence-electron chi connectivity index (χ2n) is 6.58. The van der Waals surface area contributed by atoms with Gasteiger partial charge < -0.3 is 14.6 Å². The van der Waals surface area contributed by atoms with Gasteiger partial charge in [-0.25, -0.2) is 0 Å². The molecule has 1 aliphatic heterocycles. The molecule has 6 nitrogen and oxygen atoms in total. The normalized spacial score (nSPS) is 30.7. The maximum atomic E-state index is 12.0. The zero-order valence-corrected chi connectivity index (χ0v) is 14.4. The van der Waals surface area contributed by atoms with Crippen LogP contribution in [0.15, 0.2) is 0 Å². The molecule has 0 spiro atoms. The van der Waals surface area contributed by atoms with Gasteiger partial charge in [-0.05, 0) is 24.2 Å². The van der Waals surface area contributed by atoms with Crippen LogP contribution in [0, 0.1) is 17.8 Å². The predicted molar refractivity (Wildman–Crippen MR) is 83.9 cm³/mol. The lowest BCUT2D eigenvalue weighted by molar-refractivity contribution is -0.171. The van der Waals surface area contributed by atoms with Crippen molar-refractivity contribution in [2.24, 2.45) is 17.8 Å². The van der Waals surface area contributed by atoms with Gasteiger partial charge in [0, 0.05) is 26.2 Å². The highest BCUT2D eigenvalue weighted by atomic mass is 16.6. The van der Waals surface area contributed by atoms with E-state index >= 15 is 0 Å². The Labute approximate surface area is 137 Å². The Morgan fingerprint density at radius 2 is 1.61 bits per heavy atom. The zero-order valence-electron chi connectivity index (χ0n) is 14.4. The zero-order chi connectivity index (χ0) is 17.6. The minimum atomic E-state index is -0.885. The van der Waals surface area contributed by atoms with Crippen LogP contribution in [0.25, 0.3) is 0 Å². The standard InChI is InChI=1S/C17H28O6/c1-10-11(2)15(8-14(19)6-5-7-17(20)21)23-16(12(10)3)9-22-13(4)18/h10-12,15-16H,5-9H2,1-4H3,(H,20,21). The van der Waals surface area contributed by atoms with Crippen LogP contribution in [0.2, 0.25) is 0 Å². The Bertz CT molecular complexity index is 433. The molecule has 0 saturated carbocycles. The minimum Gasteiger partial charge on any atom is -0.481 e. The van der Waals surface area contributed by atoms with E-state index in [9.17, 15) is 14.4 Å². The van der Waals surface area contributed by atoms with Crippen LogP contribution in [0.4, 0.5) is 0 Å². The Hall–Kier alpha value is -1.43. The molecular weight excluding hydrogens is 300 g/mol. The highest BCUT2D eigenvalue weighted by Gasteiger charge is 2.40. The molecule has 6 heteroatoms. The number of carboxylic acid groups (broad SMARTS) is 1. The van der Waals surface area contributed by atoms with Crippen molar-refractivity contribution in [1.29, 1.82) is 0 Å². The molecule has 0 aliphatic carbocycles. The summed E-state index contributed by atoms with van der Waals surface area (Å²) in [6.07, 6.45) is 0.500. The van der Waals surface area contributed by atoms with Gasteiger partial charge in [-0.1, -0.05) is 20.8 Å². The van der Waals surface area contributed by atoms with Crippen molar-refractivity contribution in [3.05, 3.63) is 0 Å². The van der Waals surface area contributed by atoms with E-state index in [1.54, 1.807) is 0 Å². The van der Waals surface area contributed by atoms with Gasteiger partial charge in [0.2, 0.25) is 0 Å². The van der Waals surface area contributed by atoms with Gasteiger partial charge in [0.05, 0.1) is 12.2 Å². The van der Waals surface area contributed by atoms with E-state index in [-0.39, 0.29) is 61.7 Å². The first kappa shape index (κ1) is 19.6. The Morgan fingerprint density at radius 1 is 1.00 bits per heavy atom. The molecule has 23 heavy (non-hydrogen) atoms. The highest BCUT2D eigenvalue weighted by Crippen LogP contribution is 2.36. The van der Waals surface area contributed by atoms with E-state index < -0.39 is 5.97 Å². The van der Waals surface area contributed by atoms with Gasteiger partial charge in [-0.2, -0.15) is 0 Å². The van der Waals surface area contributed by atoms with Gasteiger partial charge in [-0.3, -0.25) is 14.4 Å². The van der Waals surface area contributed by atoms with Crippen molar-refractivity contribution < 1.29 is 29.0 Å². The minimum absolute atomic E-state index is 0.00926. The summed E-state index contributed by atoms with van der Waals surface area (Å²) in [6.45, 7) is 7.83. The fourth-order valence-electron chi connectivity index (χ4n) is 3.02. The van der Waals surface area contributed by atoms with Gasteiger partial charge in [0.25, 0.3) is 0 Å². The molecule has 132 valence electrons. The molecule has 1 rings (SSSR count). The number of esters is 1. The van der Waals surface area contributed by atoms with E-state index in [1.807, 2.05) is 0 Å². The molecule has 0 radical (unpaired) electrons. The average molecular weight is 328 g/mol. The van der Waals surface area contributed by atoms with E-state index in [4.69, 9.17) is 14.6 Å². The fraction of sp³-hybridized carbons (Fsp3) is 0.824. The van der Waals surface area contributed by atoms with E-state index in [0.29, 0.717) is 12.3 Å². The van der Waals surface area contributed by atoms with Crippen molar-refractivity contribution in [3.8, 4) is 0 Å². The fourth-order valence-corrected chi connectivity index (χ4v) is 3.02. The Kier molecular flexibility index (Phi) is 7.68. The van der Waals surface area contributed by atoms with Crippen molar-refractivity contribution in [3.63, 3.8) is 0 Å². The number of Topliss-reactive ketones (excluding diaryl/α,β-unsaturated/α-hetero) is 1. The third kappa shape index (κ3) is 6.29. The second-order valence-corrected chi connectivity index (χ2v) is 6.58. The van der Waals surface area contributed by atoms with Crippen LogP contribution in [-0.4, -0.2) is 41.6 Å². The Balaban J connectivity index is 2.56. The molecule has 1 saturated heterocycles. The van der Waals surface area contributed by atoms with Crippen LogP contribution in [0.3, 0.4) is 0 Å². The monoisotopic (exact) mass is 328 g/mol. The number of hydrogen-bond acceptors (Lipinski definition) is 5. The van der Waals surface area contributed by atoms with Gasteiger partial charge in [0.1, 0.15) is 12.4 Å². The van der Waals surface area contributed by atoms with E-state index in [1.165, 1.54) is 6.92 Å². The van der Waals surface area contributed by atoms with E-state index in [0.717, 1.165) is 0 Å². The number of aliphatic carboxylic acids is 1. The summed E-state index contributed by atoms with van der Waals surface area (Å²) in [5.74, 6) is -0.390. The van der Waals surface area contributed by atoms with Crippen LogP contribution in [0.1, 0.15) is 53.4 Å². The first-order valence-corrected chi connectivity index (χ1v) is 8.24. The summed E-state index contributed by atoms with van der Waals surface area (Å²) in [5.41, 5.74) is 0. The molecule has 1 heterocycles. The third-order valence-corrected chi connectivity index (χ3v) is 4.91. The Morgan fingerprint density at radius 3 is 2.17 bits per heavy atom. The molecule has 5 atom stereocenters. The molecule has 1 aliphatic rings. The predicted octanol–water partition coefficient (Wildman–Crippen LogP) is 2.44. The number of ketones is 1. The summed E-state index contributed by atoms with van der Waals surface area (Å²) >= 11 is 0. The van der Waals surface area contributed by atoms with Crippen LogP contribution < -0.4 is 0 Å². The van der Waals surface area contributed by atoms with Crippen molar-refractivity contribution in [2.75, 3.05) is 6.61 Å². The number of ether oxygens (including phenoxy) is 2. The molecule has 0 bridgehead atoms. The number of hydrogen-bond donors (Lipinski definition) is 1. The van der Waals surface area contributed by atoms with Crippen molar-refractivity contribution >= 4 is 17.7 Å². The summed E-state index contributed by atoms with van der Waals surface area (Å²) < 4.78 is 11.1. The summed E-state index contributed by atoms with van der Waals surface area (Å²) in [4.78, 5) is 33.5.